The summed E-state index contributed by atoms with van der Waals surface area (Å²) in [5.74, 6) is -0.223. The molecular weight excluding hydrogens is 200 g/mol. The first-order chi connectivity index (χ1) is 7.46. The van der Waals surface area contributed by atoms with E-state index in [9.17, 15) is 9.90 Å². The summed E-state index contributed by atoms with van der Waals surface area (Å²) in [6, 6.07) is 9.87. The van der Waals surface area contributed by atoms with Crippen molar-refractivity contribution in [3.63, 3.8) is 0 Å². The average molecular weight is 216 g/mol. The Morgan fingerprint density at radius 2 is 1.75 bits per heavy atom. The Morgan fingerprint density at radius 1 is 1.19 bits per heavy atom. The highest BCUT2D eigenvalue weighted by molar-refractivity contribution is 6.02. The van der Waals surface area contributed by atoms with Crippen LogP contribution in [-0.4, -0.2) is 10.9 Å². The molecule has 1 aromatic carbocycles. The van der Waals surface area contributed by atoms with E-state index < -0.39 is 5.41 Å². The second-order valence-corrected chi connectivity index (χ2v) is 4.93. The molecule has 1 aliphatic rings. The summed E-state index contributed by atoms with van der Waals surface area (Å²) in [6.07, 6.45) is 0. The molecule has 0 aliphatic heterocycles. The van der Waals surface area contributed by atoms with Gasteiger partial charge < -0.3 is 5.11 Å². The lowest BCUT2D eigenvalue weighted by Crippen LogP contribution is -2.26. The van der Waals surface area contributed by atoms with E-state index in [2.05, 4.69) is 0 Å². The number of hydrogen-bond donors (Lipinski definition) is 1. The predicted molar refractivity (Wildman–Crippen MR) is 63.3 cm³/mol. The Labute approximate surface area is 95.6 Å². The van der Waals surface area contributed by atoms with Gasteiger partial charge in [0, 0.05) is 11.3 Å². The zero-order chi connectivity index (χ0) is 11.9. The highest BCUT2D eigenvalue weighted by atomic mass is 16.3. The van der Waals surface area contributed by atoms with Crippen molar-refractivity contribution in [3.8, 4) is 0 Å². The van der Waals surface area contributed by atoms with Crippen molar-refractivity contribution in [3.05, 3.63) is 47.2 Å². The third-order valence-corrected chi connectivity index (χ3v) is 3.46. The first-order valence-electron chi connectivity index (χ1n) is 5.45. The van der Waals surface area contributed by atoms with Crippen molar-refractivity contribution in [1.82, 2.24) is 0 Å². The SMILES string of the molecule is CC1=C(O)C(=O)C(C)(C)C1c1ccccc1. The molecule has 1 aliphatic carbocycles. The summed E-state index contributed by atoms with van der Waals surface area (Å²) in [6.45, 7) is 5.61. The smallest absolute Gasteiger partial charge is 0.203 e. The molecule has 0 heterocycles. The predicted octanol–water partition coefficient (Wildman–Crippen LogP) is 3.21. The minimum absolute atomic E-state index is 0.0128. The molecule has 2 rings (SSSR count). The summed E-state index contributed by atoms with van der Waals surface area (Å²) >= 11 is 0. The van der Waals surface area contributed by atoms with Crippen molar-refractivity contribution in [2.45, 2.75) is 26.7 Å². The lowest BCUT2D eigenvalue weighted by Gasteiger charge is -2.26. The van der Waals surface area contributed by atoms with Crippen molar-refractivity contribution in [2.24, 2.45) is 5.41 Å². The van der Waals surface area contributed by atoms with Crippen LogP contribution in [0.4, 0.5) is 0 Å². The quantitative estimate of drug-likeness (QED) is 0.782. The summed E-state index contributed by atoms with van der Waals surface area (Å²) in [4.78, 5) is 11.9. The molecule has 2 nitrogen and oxygen atoms in total. The second kappa shape index (κ2) is 3.48. The zero-order valence-electron chi connectivity index (χ0n) is 9.82. The van der Waals surface area contributed by atoms with Crippen LogP contribution in [0.3, 0.4) is 0 Å². The summed E-state index contributed by atoms with van der Waals surface area (Å²) < 4.78 is 0. The molecule has 16 heavy (non-hydrogen) atoms. The van der Waals surface area contributed by atoms with E-state index in [-0.39, 0.29) is 17.5 Å². The number of allylic oxidation sites excluding steroid dienone is 2. The number of ketones is 1. The molecule has 0 spiro atoms. The average Bonchev–Trinajstić information content (AvgIpc) is 2.41. The fourth-order valence-electron chi connectivity index (χ4n) is 2.61. The number of aliphatic hydroxyl groups excluding tert-OH is 1. The van der Waals surface area contributed by atoms with E-state index in [1.807, 2.05) is 51.1 Å². The fourth-order valence-corrected chi connectivity index (χ4v) is 2.61. The van der Waals surface area contributed by atoms with Crippen LogP contribution in [0.15, 0.2) is 41.7 Å². The maximum atomic E-state index is 11.9. The monoisotopic (exact) mass is 216 g/mol. The molecule has 0 aromatic heterocycles. The van der Waals surface area contributed by atoms with Gasteiger partial charge in [0.05, 0.1) is 0 Å². The zero-order valence-corrected chi connectivity index (χ0v) is 9.82. The molecule has 0 saturated carbocycles. The Morgan fingerprint density at radius 3 is 2.19 bits per heavy atom. The number of carbonyl (C=O) groups is 1. The number of aliphatic hydroxyl groups is 1. The Kier molecular flexibility index (Phi) is 2.38. The lowest BCUT2D eigenvalue weighted by atomic mass is 9.74. The summed E-state index contributed by atoms with van der Waals surface area (Å²) in [7, 11) is 0. The van der Waals surface area contributed by atoms with Crippen molar-refractivity contribution < 1.29 is 9.90 Å². The third kappa shape index (κ3) is 1.37. The van der Waals surface area contributed by atoms with Gasteiger partial charge in [0.2, 0.25) is 5.78 Å². The van der Waals surface area contributed by atoms with Gasteiger partial charge in [0.1, 0.15) is 0 Å². The summed E-state index contributed by atoms with van der Waals surface area (Å²) in [5.41, 5.74) is 1.32. The lowest BCUT2D eigenvalue weighted by molar-refractivity contribution is -0.124. The number of benzene rings is 1. The number of carbonyl (C=O) groups excluding carboxylic acids is 1. The van der Waals surface area contributed by atoms with Crippen LogP contribution in [0.1, 0.15) is 32.3 Å². The number of hydrogen-bond acceptors (Lipinski definition) is 2. The van der Waals surface area contributed by atoms with E-state index in [1.165, 1.54) is 0 Å². The van der Waals surface area contributed by atoms with Gasteiger partial charge in [-0.15, -0.1) is 0 Å². The van der Waals surface area contributed by atoms with Crippen LogP contribution in [-0.2, 0) is 4.79 Å². The Bertz CT molecular complexity index is 455. The van der Waals surface area contributed by atoms with Crippen molar-refractivity contribution in [1.29, 1.82) is 0 Å². The highest BCUT2D eigenvalue weighted by Crippen LogP contribution is 2.48. The first kappa shape index (κ1) is 10.9. The van der Waals surface area contributed by atoms with Gasteiger partial charge in [-0.05, 0) is 18.1 Å². The standard InChI is InChI=1S/C14H16O2/c1-9-11(10-7-5-4-6-8-10)14(2,3)13(16)12(9)15/h4-8,11,15H,1-3H3. The van der Waals surface area contributed by atoms with Gasteiger partial charge in [0.15, 0.2) is 5.76 Å². The van der Waals surface area contributed by atoms with Crippen molar-refractivity contribution >= 4 is 5.78 Å². The summed E-state index contributed by atoms with van der Waals surface area (Å²) in [5, 5.41) is 9.76. The van der Waals surface area contributed by atoms with Crippen LogP contribution < -0.4 is 0 Å². The van der Waals surface area contributed by atoms with Gasteiger partial charge >= 0.3 is 0 Å². The first-order valence-corrected chi connectivity index (χ1v) is 5.45. The topological polar surface area (TPSA) is 37.3 Å². The molecule has 0 amide bonds. The second-order valence-electron chi connectivity index (χ2n) is 4.93. The van der Waals surface area contributed by atoms with Crippen LogP contribution in [0.25, 0.3) is 0 Å². The van der Waals surface area contributed by atoms with E-state index in [4.69, 9.17) is 0 Å². The van der Waals surface area contributed by atoms with E-state index in [1.54, 1.807) is 0 Å². The van der Waals surface area contributed by atoms with Gasteiger partial charge in [-0.3, -0.25) is 4.79 Å². The molecule has 1 N–H and O–H groups in total. The maximum Gasteiger partial charge on any atom is 0.203 e. The van der Waals surface area contributed by atoms with E-state index >= 15 is 0 Å². The molecular formula is C14H16O2. The van der Waals surface area contributed by atoms with Crippen LogP contribution in [0.2, 0.25) is 0 Å². The number of Topliss-reactive ketones (excluding diaryl/α,β-unsaturated/α-hetero) is 1. The molecule has 2 heteroatoms. The largest absolute Gasteiger partial charge is 0.504 e. The van der Waals surface area contributed by atoms with Gasteiger partial charge in [-0.2, -0.15) is 0 Å². The van der Waals surface area contributed by atoms with Crippen molar-refractivity contribution in [2.75, 3.05) is 0 Å². The normalized spacial score (nSPS) is 23.9. The fraction of sp³-hybridized carbons (Fsp3) is 0.357. The molecule has 1 aromatic rings. The Hall–Kier alpha value is -1.57. The van der Waals surface area contributed by atoms with E-state index in [0.717, 1.165) is 11.1 Å². The molecule has 1 atom stereocenters. The minimum atomic E-state index is -0.546. The van der Waals surface area contributed by atoms with Crippen LogP contribution in [0, 0.1) is 5.41 Å². The molecule has 0 saturated heterocycles. The van der Waals surface area contributed by atoms with Gasteiger partial charge in [-0.25, -0.2) is 0 Å². The third-order valence-electron chi connectivity index (χ3n) is 3.46. The number of rotatable bonds is 1. The van der Waals surface area contributed by atoms with Crippen LogP contribution >= 0.6 is 0 Å². The van der Waals surface area contributed by atoms with Crippen LogP contribution in [0.5, 0.6) is 0 Å². The molecule has 0 radical (unpaired) electrons. The van der Waals surface area contributed by atoms with Gasteiger partial charge in [0.25, 0.3) is 0 Å². The van der Waals surface area contributed by atoms with Gasteiger partial charge in [-0.1, -0.05) is 44.2 Å². The maximum absolute atomic E-state index is 11.9. The highest BCUT2D eigenvalue weighted by Gasteiger charge is 2.47. The minimum Gasteiger partial charge on any atom is -0.504 e. The molecule has 0 fully saturated rings. The Balaban J connectivity index is 2.54. The molecule has 84 valence electrons. The molecule has 1 unspecified atom stereocenters. The molecule has 0 bridgehead atoms. The van der Waals surface area contributed by atoms with E-state index in [0.29, 0.717) is 0 Å².